The van der Waals surface area contributed by atoms with Gasteiger partial charge in [0.2, 0.25) is 0 Å². The van der Waals surface area contributed by atoms with Crippen molar-refractivity contribution in [1.29, 1.82) is 0 Å². The Balaban J connectivity index is 1.94. The zero-order valence-electron chi connectivity index (χ0n) is 12.5. The van der Waals surface area contributed by atoms with Gasteiger partial charge < -0.3 is 4.90 Å². The fraction of sp³-hybridized carbons (Fsp3) is 0.100. The Morgan fingerprint density at radius 2 is 1.29 bits per heavy atom. The summed E-state index contributed by atoms with van der Waals surface area (Å²) in [4.78, 5) is 2.21. The van der Waals surface area contributed by atoms with Crippen LogP contribution in [0.5, 0.6) is 0 Å². The minimum Gasteiger partial charge on any atom is -0.345 e. The molecule has 0 aromatic heterocycles. The van der Waals surface area contributed by atoms with Gasteiger partial charge in [0, 0.05) is 18.4 Å². The highest BCUT2D eigenvalue weighted by Crippen LogP contribution is 2.28. The van der Waals surface area contributed by atoms with E-state index < -0.39 is 0 Å². The van der Waals surface area contributed by atoms with Gasteiger partial charge in [0.1, 0.15) is 0 Å². The normalized spacial score (nSPS) is 10.4. The second-order valence-electron chi connectivity index (χ2n) is 5.31. The molecule has 0 fully saturated rings. The molecule has 0 amide bonds. The van der Waals surface area contributed by atoms with Crippen molar-refractivity contribution in [2.75, 3.05) is 11.9 Å². The van der Waals surface area contributed by atoms with E-state index in [1.54, 1.807) is 0 Å². The Labute approximate surface area is 126 Å². The van der Waals surface area contributed by atoms with Gasteiger partial charge in [-0.3, -0.25) is 0 Å². The summed E-state index contributed by atoms with van der Waals surface area (Å²) in [5.74, 6) is 0. The van der Waals surface area contributed by atoms with E-state index >= 15 is 0 Å². The van der Waals surface area contributed by atoms with Crippen molar-refractivity contribution in [3.05, 3.63) is 84.4 Å². The molecular formula is C20H19N. The van der Waals surface area contributed by atoms with Gasteiger partial charge in [0.15, 0.2) is 0 Å². The molecule has 1 heteroatoms. The number of hydrogen-bond donors (Lipinski definition) is 0. The lowest BCUT2D eigenvalue weighted by Crippen LogP contribution is -2.09. The predicted octanol–water partition coefficient (Wildman–Crippen LogP) is 5.43. The highest BCUT2D eigenvalue weighted by atomic mass is 15.1. The average molecular weight is 273 g/mol. The summed E-state index contributed by atoms with van der Waals surface area (Å²) in [6, 6.07) is 27.7. The first-order valence-electron chi connectivity index (χ1n) is 7.20. The number of nitrogens with zero attached hydrogens (tertiary/aromatic N) is 1. The standard InChI is InChI=1S/C20H19N/c1-16-11-13-19(14-12-16)21(2)20-10-6-9-18(15-20)17-7-4-3-5-8-17/h3-15H,1-2H3. The SMILES string of the molecule is Cc1ccc(N(C)c2cccc(-c3ccccc3)c2)cc1. The molecule has 104 valence electrons. The molecule has 0 saturated carbocycles. The van der Waals surface area contributed by atoms with Gasteiger partial charge in [-0.1, -0.05) is 60.2 Å². The summed E-state index contributed by atoms with van der Waals surface area (Å²) in [7, 11) is 2.11. The highest BCUT2D eigenvalue weighted by molar-refractivity contribution is 5.71. The molecule has 0 aliphatic carbocycles. The number of benzene rings is 3. The Bertz CT molecular complexity index is 714. The van der Waals surface area contributed by atoms with Crippen LogP contribution < -0.4 is 4.90 Å². The molecule has 0 bridgehead atoms. The Hall–Kier alpha value is -2.54. The smallest absolute Gasteiger partial charge is 0.0414 e. The van der Waals surface area contributed by atoms with Gasteiger partial charge >= 0.3 is 0 Å². The molecule has 0 aliphatic heterocycles. The van der Waals surface area contributed by atoms with Gasteiger partial charge in [-0.25, -0.2) is 0 Å². The summed E-state index contributed by atoms with van der Waals surface area (Å²) in [6.07, 6.45) is 0. The van der Waals surface area contributed by atoms with E-state index in [1.165, 1.54) is 28.1 Å². The van der Waals surface area contributed by atoms with E-state index in [1.807, 2.05) is 6.07 Å². The van der Waals surface area contributed by atoms with Crippen LogP contribution in [0, 0.1) is 6.92 Å². The molecule has 0 N–H and O–H groups in total. The largest absolute Gasteiger partial charge is 0.345 e. The minimum absolute atomic E-state index is 1.19. The third-order valence-corrected chi connectivity index (χ3v) is 3.76. The monoisotopic (exact) mass is 273 g/mol. The summed E-state index contributed by atoms with van der Waals surface area (Å²) in [6.45, 7) is 2.11. The molecule has 0 aliphatic rings. The molecule has 21 heavy (non-hydrogen) atoms. The zero-order valence-corrected chi connectivity index (χ0v) is 12.5. The third kappa shape index (κ3) is 2.97. The van der Waals surface area contributed by atoms with Crippen LogP contribution in [0.1, 0.15) is 5.56 Å². The van der Waals surface area contributed by atoms with Crippen LogP contribution >= 0.6 is 0 Å². The minimum atomic E-state index is 1.19. The Morgan fingerprint density at radius 3 is 2.00 bits per heavy atom. The number of aryl methyl sites for hydroxylation is 1. The maximum Gasteiger partial charge on any atom is 0.0414 e. The second kappa shape index (κ2) is 5.84. The molecule has 0 spiro atoms. The van der Waals surface area contributed by atoms with Crippen molar-refractivity contribution in [1.82, 2.24) is 0 Å². The quantitative estimate of drug-likeness (QED) is 0.615. The van der Waals surface area contributed by atoms with Crippen LogP contribution in [-0.2, 0) is 0 Å². The van der Waals surface area contributed by atoms with Crippen LogP contribution in [-0.4, -0.2) is 7.05 Å². The van der Waals surface area contributed by atoms with Crippen LogP contribution in [0.3, 0.4) is 0 Å². The summed E-state index contributed by atoms with van der Waals surface area (Å²) in [5, 5.41) is 0. The van der Waals surface area contributed by atoms with E-state index in [4.69, 9.17) is 0 Å². The molecule has 0 heterocycles. The molecule has 0 saturated heterocycles. The van der Waals surface area contributed by atoms with Crippen LogP contribution in [0.25, 0.3) is 11.1 Å². The number of anilines is 2. The van der Waals surface area contributed by atoms with Crippen molar-refractivity contribution in [3.63, 3.8) is 0 Å². The maximum atomic E-state index is 2.23. The van der Waals surface area contributed by atoms with Crippen LogP contribution in [0.4, 0.5) is 11.4 Å². The lowest BCUT2D eigenvalue weighted by Gasteiger charge is -2.20. The first-order chi connectivity index (χ1) is 10.2. The van der Waals surface area contributed by atoms with Crippen LogP contribution in [0.2, 0.25) is 0 Å². The van der Waals surface area contributed by atoms with E-state index in [0.29, 0.717) is 0 Å². The summed E-state index contributed by atoms with van der Waals surface area (Å²) < 4.78 is 0. The third-order valence-electron chi connectivity index (χ3n) is 3.76. The second-order valence-corrected chi connectivity index (χ2v) is 5.31. The van der Waals surface area contributed by atoms with Crippen molar-refractivity contribution in [2.45, 2.75) is 6.92 Å². The lowest BCUT2D eigenvalue weighted by atomic mass is 10.0. The van der Waals surface area contributed by atoms with Crippen molar-refractivity contribution < 1.29 is 0 Å². The van der Waals surface area contributed by atoms with Crippen molar-refractivity contribution in [3.8, 4) is 11.1 Å². The molecule has 1 nitrogen and oxygen atoms in total. The Morgan fingerprint density at radius 1 is 0.619 bits per heavy atom. The molecule has 3 aromatic carbocycles. The molecular weight excluding hydrogens is 254 g/mol. The maximum absolute atomic E-state index is 2.23. The topological polar surface area (TPSA) is 3.24 Å². The fourth-order valence-corrected chi connectivity index (χ4v) is 2.44. The highest BCUT2D eigenvalue weighted by Gasteiger charge is 2.05. The first kappa shape index (κ1) is 13.4. The fourth-order valence-electron chi connectivity index (χ4n) is 2.44. The number of rotatable bonds is 3. The van der Waals surface area contributed by atoms with Gasteiger partial charge in [0.05, 0.1) is 0 Å². The van der Waals surface area contributed by atoms with E-state index in [9.17, 15) is 0 Å². The van der Waals surface area contributed by atoms with E-state index in [2.05, 4.69) is 91.7 Å². The summed E-state index contributed by atoms with van der Waals surface area (Å²) in [5.41, 5.74) is 6.17. The molecule has 0 atom stereocenters. The predicted molar refractivity (Wildman–Crippen MR) is 91.1 cm³/mol. The number of hydrogen-bond acceptors (Lipinski definition) is 1. The van der Waals surface area contributed by atoms with Gasteiger partial charge in [-0.2, -0.15) is 0 Å². The molecule has 3 rings (SSSR count). The van der Waals surface area contributed by atoms with Crippen molar-refractivity contribution >= 4 is 11.4 Å². The molecule has 3 aromatic rings. The van der Waals surface area contributed by atoms with Gasteiger partial charge in [-0.15, -0.1) is 0 Å². The van der Waals surface area contributed by atoms with E-state index in [-0.39, 0.29) is 0 Å². The van der Waals surface area contributed by atoms with Gasteiger partial charge in [-0.05, 0) is 42.3 Å². The average Bonchev–Trinajstić information content (AvgIpc) is 2.56. The van der Waals surface area contributed by atoms with E-state index in [0.717, 1.165) is 0 Å². The molecule has 0 radical (unpaired) electrons. The summed E-state index contributed by atoms with van der Waals surface area (Å²) >= 11 is 0. The molecule has 0 unspecified atom stereocenters. The lowest BCUT2D eigenvalue weighted by molar-refractivity contribution is 1.20. The van der Waals surface area contributed by atoms with Gasteiger partial charge in [0.25, 0.3) is 0 Å². The Kier molecular flexibility index (Phi) is 3.74. The van der Waals surface area contributed by atoms with Crippen LogP contribution in [0.15, 0.2) is 78.9 Å². The first-order valence-corrected chi connectivity index (χ1v) is 7.20. The van der Waals surface area contributed by atoms with Crippen molar-refractivity contribution in [2.24, 2.45) is 0 Å². The zero-order chi connectivity index (χ0) is 14.7.